The van der Waals surface area contributed by atoms with E-state index in [-0.39, 0.29) is 0 Å². The van der Waals surface area contributed by atoms with Gasteiger partial charge in [0.05, 0.1) is 11.2 Å². The molecule has 3 rings (SSSR count). The molecule has 1 N–H and O–H groups in total. The van der Waals surface area contributed by atoms with Crippen molar-refractivity contribution in [3.8, 4) is 0 Å². The van der Waals surface area contributed by atoms with Crippen LogP contribution in [0.1, 0.15) is 12.6 Å². The van der Waals surface area contributed by atoms with Gasteiger partial charge in [0, 0.05) is 47.4 Å². The number of hydrogen-bond donors (Lipinski definition) is 1. The van der Waals surface area contributed by atoms with Gasteiger partial charge in [0.15, 0.2) is 0 Å². The Morgan fingerprint density at radius 1 is 1.38 bits per heavy atom. The van der Waals surface area contributed by atoms with E-state index in [2.05, 4.69) is 60.0 Å². The molecule has 5 heteroatoms. The summed E-state index contributed by atoms with van der Waals surface area (Å²) in [5, 5.41) is 10.5. The van der Waals surface area contributed by atoms with Gasteiger partial charge in [0.1, 0.15) is 0 Å². The average Bonchev–Trinajstić information content (AvgIpc) is 2.85. The first-order valence-corrected chi connectivity index (χ1v) is 9.83. The number of rotatable bonds is 5. The van der Waals surface area contributed by atoms with Crippen LogP contribution in [-0.2, 0) is 13.5 Å². The molecular formula is C16H23N3S2. The average molecular weight is 322 g/mol. The van der Waals surface area contributed by atoms with Crippen molar-refractivity contribution in [2.45, 2.75) is 24.6 Å². The van der Waals surface area contributed by atoms with Crippen molar-refractivity contribution in [3.63, 3.8) is 0 Å². The van der Waals surface area contributed by atoms with E-state index in [1.165, 1.54) is 33.9 Å². The molecule has 0 spiro atoms. The Morgan fingerprint density at radius 2 is 2.24 bits per heavy atom. The zero-order chi connectivity index (χ0) is 14.7. The summed E-state index contributed by atoms with van der Waals surface area (Å²) < 4.78 is 2.01. The molecule has 114 valence electrons. The van der Waals surface area contributed by atoms with Gasteiger partial charge in [-0.15, -0.1) is 0 Å². The number of nitrogens with zero attached hydrogens (tertiary/aromatic N) is 2. The monoisotopic (exact) mass is 321 g/mol. The van der Waals surface area contributed by atoms with E-state index < -0.39 is 0 Å². The molecule has 2 unspecified atom stereocenters. The van der Waals surface area contributed by atoms with Crippen LogP contribution in [-0.4, -0.2) is 44.9 Å². The van der Waals surface area contributed by atoms with E-state index in [1.807, 2.05) is 11.7 Å². The van der Waals surface area contributed by atoms with Crippen LogP contribution in [0.4, 0.5) is 0 Å². The number of fused-ring (bicyclic) bond motifs is 1. The molecule has 2 heterocycles. The minimum Gasteiger partial charge on any atom is -0.313 e. The highest BCUT2D eigenvalue weighted by molar-refractivity contribution is 8.06. The molecule has 2 atom stereocenters. The fourth-order valence-electron chi connectivity index (χ4n) is 2.98. The van der Waals surface area contributed by atoms with Gasteiger partial charge in [-0.05, 0) is 12.6 Å². The molecule has 1 aromatic carbocycles. The first-order chi connectivity index (χ1) is 10.3. The molecule has 1 aromatic heterocycles. The predicted molar refractivity (Wildman–Crippen MR) is 95.5 cm³/mol. The largest absolute Gasteiger partial charge is 0.313 e. The highest BCUT2D eigenvalue weighted by Crippen LogP contribution is 2.29. The third-order valence-corrected chi connectivity index (χ3v) is 6.92. The van der Waals surface area contributed by atoms with E-state index in [0.717, 1.165) is 13.0 Å². The summed E-state index contributed by atoms with van der Waals surface area (Å²) in [6.07, 6.45) is 1.02. The summed E-state index contributed by atoms with van der Waals surface area (Å²) in [6, 6.07) is 9.07. The van der Waals surface area contributed by atoms with Crippen molar-refractivity contribution in [2.24, 2.45) is 7.05 Å². The van der Waals surface area contributed by atoms with Crippen molar-refractivity contribution in [1.29, 1.82) is 0 Å². The second-order valence-electron chi connectivity index (χ2n) is 5.44. The second kappa shape index (κ2) is 7.07. The quantitative estimate of drug-likeness (QED) is 0.917. The lowest BCUT2D eigenvalue weighted by Crippen LogP contribution is -2.42. The molecule has 0 saturated carbocycles. The molecule has 1 aliphatic rings. The summed E-state index contributed by atoms with van der Waals surface area (Å²) in [4.78, 5) is 0. The van der Waals surface area contributed by atoms with E-state index in [0.29, 0.717) is 11.3 Å². The summed E-state index contributed by atoms with van der Waals surface area (Å²) in [5.41, 5.74) is 2.46. The summed E-state index contributed by atoms with van der Waals surface area (Å²) in [7, 11) is 2.04. The molecule has 0 aliphatic carbocycles. The molecule has 0 amide bonds. The number of benzene rings is 1. The first-order valence-electron chi connectivity index (χ1n) is 7.63. The normalized spacial score (nSPS) is 20.8. The van der Waals surface area contributed by atoms with Crippen LogP contribution >= 0.6 is 23.5 Å². The zero-order valence-electron chi connectivity index (χ0n) is 12.7. The number of para-hydroxylation sites is 1. The van der Waals surface area contributed by atoms with Gasteiger partial charge in [-0.3, -0.25) is 4.68 Å². The molecule has 3 nitrogen and oxygen atoms in total. The van der Waals surface area contributed by atoms with E-state index in [1.54, 1.807) is 0 Å². The summed E-state index contributed by atoms with van der Waals surface area (Å²) >= 11 is 4.21. The minimum absolute atomic E-state index is 0.520. The number of thioether (sulfide) groups is 2. The van der Waals surface area contributed by atoms with Crippen molar-refractivity contribution in [2.75, 3.05) is 23.8 Å². The highest BCUT2D eigenvalue weighted by atomic mass is 32.2. The van der Waals surface area contributed by atoms with Crippen LogP contribution in [0.5, 0.6) is 0 Å². The van der Waals surface area contributed by atoms with Crippen LogP contribution in [0.25, 0.3) is 10.9 Å². The number of aryl methyl sites for hydroxylation is 1. The Balaban J connectivity index is 1.83. The molecule has 21 heavy (non-hydrogen) atoms. The maximum absolute atomic E-state index is 4.77. The maximum atomic E-state index is 4.77. The predicted octanol–water partition coefficient (Wildman–Crippen LogP) is 2.94. The number of likely N-dealkylation sites (N-methyl/N-ethyl adjacent to an activating group) is 1. The molecule has 2 aromatic rings. The van der Waals surface area contributed by atoms with E-state index in [9.17, 15) is 0 Å². The third-order valence-electron chi connectivity index (χ3n) is 4.00. The fraction of sp³-hybridized carbons (Fsp3) is 0.562. The van der Waals surface area contributed by atoms with Crippen molar-refractivity contribution in [3.05, 3.63) is 30.0 Å². The van der Waals surface area contributed by atoms with Gasteiger partial charge >= 0.3 is 0 Å². The van der Waals surface area contributed by atoms with Crippen LogP contribution < -0.4 is 5.32 Å². The number of nitrogens with one attached hydrogen (secondary N) is 1. The van der Waals surface area contributed by atoms with Gasteiger partial charge in [0.2, 0.25) is 0 Å². The smallest absolute Gasteiger partial charge is 0.0719 e. The Bertz CT molecular complexity index is 590. The van der Waals surface area contributed by atoms with E-state index in [4.69, 9.17) is 5.10 Å². The summed E-state index contributed by atoms with van der Waals surface area (Å²) in [5.74, 6) is 3.83. The van der Waals surface area contributed by atoms with Gasteiger partial charge in [-0.1, -0.05) is 25.1 Å². The third kappa shape index (κ3) is 3.41. The van der Waals surface area contributed by atoms with E-state index >= 15 is 0 Å². The second-order valence-corrected chi connectivity index (χ2v) is 7.94. The number of aromatic nitrogens is 2. The lowest BCUT2D eigenvalue weighted by atomic mass is 10.1. The minimum atomic E-state index is 0.520. The van der Waals surface area contributed by atoms with Gasteiger partial charge in [-0.25, -0.2) is 0 Å². The molecule has 0 radical (unpaired) electrons. The van der Waals surface area contributed by atoms with Gasteiger partial charge in [-0.2, -0.15) is 28.6 Å². The molecule has 0 bridgehead atoms. The Morgan fingerprint density at radius 3 is 3.00 bits per heavy atom. The van der Waals surface area contributed by atoms with Crippen LogP contribution in [0.15, 0.2) is 24.3 Å². The maximum Gasteiger partial charge on any atom is 0.0719 e. The first kappa shape index (κ1) is 15.3. The topological polar surface area (TPSA) is 29.9 Å². The molecule has 1 aliphatic heterocycles. The standard InChI is InChI=1S/C16H23N3S2/c1-3-17-14(16-11-20-8-9-21-16)10-13-12-6-4-5-7-15(12)19(2)18-13/h4-7,14,16-17H,3,8-11H2,1-2H3. The summed E-state index contributed by atoms with van der Waals surface area (Å²) in [6.45, 7) is 3.22. The zero-order valence-corrected chi connectivity index (χ0v) is 14.3. The lowest BCUT2D eigenvalue weighted by molar-refractivity contribution is 0.515. The van der Waals surface area contributed by atoms with Crippen molar-refractivity contribution >= 4 is 34.4 Å². The van der Waals surface area contributed by atoms with Gasteiger partial charge < -0.3 is 5.32 Å². The molecule has 1 saturated heterocycles. The Kier molecular flexibility index (Phi) is 5.14. The fourth-order valence-corrected chi connectivity index (χ4v) is 5.87. The highest BCUT2D eigenvalue weighted by Gasteiger charge is 2.25. The van der Waals surface area contributed by atoms with Crippen LogP contribution in [0, 0.1) is 0 Å². The van der Waals surface area contributed by atoms with Crippen LogP contribution in [0.3, 0.4) is 0 Å². The van der Waals surface area contributed by atoms with Crippen molar-refractivity contribution in [1.82, 2.24) is 15.1 Å². The Labute approximate surface area is 135 Å². The number of hydrogen-bond acceptors (Lipinski definition) is 4. The molecule has 1 fully saturated rings. The van der Waals surface area contributed by atoms with Crippen molar-refractivity contribution < 1.29 is 0 Å². The SMILES string of the molecule is CCNC(Cc1nn(C)c2ccccc12)C1CSCCS1. The molecular weight excluding hydrogens is 298 g/mol. The Hall–Kier alpha value is -0.650. The van der Waals surface area contributed by atoms with Gasteiger partial charge in [0.25, 0.3) is 0 Å². The van der Waals surface area contributed by atoms with Crippen LogP contribution in [0.2, 0.25) is 0 Å². The lowest BCUT2D eigenvalue weighted by Gasteiger charge is -2.29.